The average molecular weight is 482 g/mol. The van der Waals surface area contributed by atoms with Gasteiger partial charge in [0, 0.05) is 18.8 Å². The van der Waals surface area contributed by atoms with Crippen LogP contribution in [0.5, 0.6) is 0 Å². The average Bonchev–Trinajstić information content (AvgIpc) is 3.22. The monoisotopic (exact) mass is 481 g/mol. The fraction of sp³-hybridized carbons (Fsp3) is 0.609. The lowest BCUT2D eigenvalue weighted by molar-refractivity contribution is -0.110. The van der Waals surface area contributed by atoms with Gasteiger partial charge < -0.3 is 19.0 Å². The molecule has 0 aromatic heterocycles. The molecule has 0 radical (unpaired) electrons. The van der Waals surface area contributed by atoms with E-state index in [0.717, 1.165) is 11.2 Å². The Kier molecular flexibility index (Phi) is 7.48. The van der Waals surface area contributed by atoms with Crippen molar-refractivity contribution in [3.05, 3.63) is 30.3 Å². The van der Waals surface area contributed by atoms with Crippen molar-refractivity contribution in [2.24, 2.45) is 11.8 Å². The zero-order valence-corrected chi connectivity index (χ0v) is 20.1. The fourth-order valence-corrected chi connectivity index (χ4v) is 6.05. The van der Waals surface area contributed by atoms with E-state index in [1.807, 2.05) is 6.92 Å². The van der Waals surface area contributed by atoms with Gasteiger partial charge >= 0.3 is 12.2 Å². The van der Waals surface area contributed by atoms with Crippen molar-refractivity contribution in [3.63, 3.8) is 0 Å². The zero-order valence-electron chi connectivity index (χ0n) is 19.3. The molecule has 1 aromatic rings. The number of rotatable bonds is 7. The summed E-state index contributed by atoms with van der Waals surface area (Å²) in [5.41, 5.74) is -0.752. The first-order valence-electron chi connectivity index (χ1n) is 11.0. The van der Waals surface area contributed by atoms with Gasteiger partial charge in [-0.05, 0) is 38.8 Å². The van der Waals surface area contributed by atoms with E-state index in [0.29, 0.717) is 0 Å². The third-order valence-electron chi connectivity index (χ3n) is 5.91. The number of hydrogen-bond acceptors (Lipinski definition) is 8. The molecule has 3 rings (SSSR count). The van der Waals surface area contributed by atoms with Crippen molar-refractivity contribution in [1.29, 1.82) is 0 Å². The maximum Gasteiger partial charge on any atom is 0.419 e. The number of hydrogen-bond donors (Lipinski definition) is 0. The molecule has 1 aromatic carbocycles. The van der Waals surface area contributed by atoms with Crippen molar-refractivity contribution in [2.75, 3.05) is 12.3 Å². The Morgan fingerprint density at radius 3 is 2.48 bits per heavy atom. The molecule has 0 saturated carbocycles. The lowest BCUT2D eigenvalue weighted by Crippen LogP contribution is -2.38. The Morgan fingerprint density at radius 2 is 1.88 bits per heavy atom. The van der Waals surface area contributed by atoms with E-state index in [9.17, 15) is 22.8 Å². The summed E-state index contributed by atoms with van der Waals surface area (Å²) in [6.45, 7) is 7.01. The highest BCUT2D eigenvalue weighted by Crippen LogP contribution is 2.38. The maximum absolute atomic E-state index is 12.9. The highest BCUT2D eigenvalue weighted by Gasteiger charge is 2.47. The van der Waals surface area contributed by atoms with E-state index in [2.05, 4.69) is 0 Å². The van der Waals surface area contributed by atoms with Crippen molar-refractivity contribution in [2.45, 2.75) is 69.3 Å². The van der Waals surface area contributed by atoms with Crippen LogP contribution >= 0.6 is 0 Å². The standard InChI is InChI=1S/C23H31NO8S/c1-15-18(14-33(28,29)17-8-6-5-7-9-17)19(10-11-25)31-20(15)12-16-13-24(21(26)30-16)22(27)32-23(2,3)4/h5-9,11,15-16,18-20H,10,12-14H2,1-4H3/t15-,16+,18-,19+,20?/m1/s1. The topological polar surface area (TPSA) is 116 Å². The van der Waals surface area contributed by atoms with Gasteiger partial charge in [-0.3, -0.25) is 0 Å². The summed E-state index contributed by atoms with van der Waals surface area (Å²) in [6, 6.07) is 8.17. The number of ether oxygens (including phenoxy) is 3. The molecule has 33 heavy (non-hydrogen) atoms. The molecule has 2 heterocycles. The molecule has 0 bridgehead atoms. The molecule has 2 saturated heterocycles. The first-order chi connectivity index (χ1) is 15.4. The van der Waals surface area contributed by atoms with Crippen LogP contribution in [-0.2, 0) is 28.8 Å². The molecule has 2 aliphatic rings. The van der Waals surface area contributed by atoms with Crippen LogP contribution in [0.15, 0.2) is 35.2 Å². The van der Waals surface area contributed by atoms with Gasteiger partial charge in [0.05, 0.1) is 29.4 Å². The van der Waals surface area contributed by atoms with Gasteiger partial charge in [-0.25, -0.2) is 22.9 Å². The molecular formula is C23H31NO8S. The van der Waals surface area contributed by atoms with E-state index < -0.39 is 51.9 Å². The van der Waals surface area contributed by atoms with Crippen LogP contribution in [0.3, 0.4) is 0 Å². The number of benzene rings is 1. The first kappa shape index (κ1) is 25.2. The minimum Gasteiger partial charge on any atom is -0.444 e. The van der Waals surface area contributed by atoms with Gasteiger partial charge in [0.2, 0.25) is 0 Å². The summed E-state index contributed by atoms with van der Waals surface area (Å²) < 4.78 is 42.5. The zero-order chi connectivity index (χ0) is 24.4. The van der Waals surface area contributed by atoms with E-state index in [-0.39, 0.29) is 36.0 Å². The number of imide groups is 1. The van der Waals surface area contributed by atoms with Crippen molar-refractivity contribution in [3.8, 4) is 0 Å². The molecule has 2 aliphatic heterocycles. The second-order valence-corrected chi connectivity index (χ2v) is 11.6. The summed E-state index contributed by atoms with van der Waals surface area (Å²) in [5, 5.41) is 0. The van der Waals surface area contributed by atoms with Gasteiger partial charge in [-0.15, -0.1) is 0 Å². The lowest BCUT2D eigenvalue weighted by Gasteiger charge is -2.22. The molecule has 1 unspecified atom stereocenters. The van der Waals surface area contributed by atoms with Crippen molar-refractivity contribution >= 4 is 28.3 Å². The highest BCUT2D eigenvalue weighted by atomic mass is 32.2. The second-order valence-electron chi connectivity index (χ2n) is 9.57. The van der Waals surface area contributed by atoms with Crippen LogP contribution in [0.1, 0.15) is 40.5 Å². The highest BCUT2D eigenvalue weighted by molar-refractivity contribution is 7.91. The Hall–Kier alpha value is -2.46. The molecule has 0 N–H and O–H groups in total. The molecule has 10 heteroatoms. The molecule has 182 valence electrons. The third-order valence-corrected chi connectivity index (χ3v) is 7.73. The first-order valence-corrected chi connectivity index (χ1v) is 12.6. The van der Waals surface area contributed by atoms with Crippen LogP contribution in [0.25, 0.3) is 0 Å². The number of carbonyl (C=O) groups excluding carboxylic acids is 3. The summed E-state index contributed by atoms with van der Waals surface area (Å²) in [7, 11) is -3.58. The van der Waals surface area contributed by atoms with Crippen LogP contribution in [0.2, 0.25) is 0 Å². The minimum atomic E-state index is -3.58. The van der Waals surface area contributed by atoms with Gasteiger partial charge in [0.1, 0.15) is 18.0 Å². The number of sulfone groups is 1. The molecule has 0 spiro atoms. The number of amides is 2. The number of aldehydes is 1. The molecule has 2 amide bonds. The van der Waals surface area contributed by atoms with Crippen LogP contribution in [0.4, 0.5) is 9.59 Å². The molecular weight excluding hydrogens is 450 g/mol. The quantitative estimate of drug-likeness (QED) is 0.545. The van der Waals surface area contributed by atoms with Crippen LogP contribution in [-0.4, -0.2) is 68.0 Å². The predicted octanol–water partition coefficient (Wildman–Crippen LogP) is 3.22. The SMILES string of the molecule is C[C@H]1C(C[C@H]2CN(C(=O)OC(C)(C)C)C(=O)O2)O[C@@H](CC=O)[C@@H]1CS(=O)(=O)c1ccccc1. The van der Waals surface area contributed by atoms with E-state index in [1.54, 1.807) is 51.1 Å². The molecule has 0 aliphatic carbocycles. The van der Waals surface area contributed by atoms with Crippen molar-refractivity contribution in [1.82, 2.24) is 4.90 Å². The van der Waals surface area contributed by atoms with E-state index >= 15 is 0 Å². The Labute approximate surface area is 194 Å². The fourth-order valence-electron chi connectivity index (χ4n) is 4.27. The van der Waals surface area contributed by atoms with Gasteiger partial charge in [-0.1, -0.05) is 25.1 Å². The van der Waals surface area contributed by atoms with Gasteiger partial charge in [0.25, 0.3) is 0 Å². The summed E-state index contributed by atoms with van der Waals surface area (Å²) in [6.07, 6.45) is -2.08. The minimum absolute atomic E-state index is 0.0195. The summed E-state index contributed by atoms with van der Waals surface area (Å²) in [4.78, 5) is 36.8. The van der Waals surface area contributed by atoms with Crippen LogP contribution in [0, 0.1) is 11.8 Å². The smallest absolute Gasteiger partial charge is 0.419 e. The third kappa shape index (κ3) is 6.11. The van der Waals surface area contributed by atoms with Crippen LogP contribution < -0.4 is 0 Å². The predicted molar refractivity (Wildman–Crippen MR) is 118 cm³/mol. The van der Waals surface area contributed by atoms with Gasteiger partial charge in [0.15, 0.2) is 9.84 Å². The lowest BCUT2D eigenvalue weighted by atomic mass is 9.87. The second kappa shape index (κ2) is 9.80. The number of nitrogens with zero attached hydrogens (tertiary/aromatic N) is 1. The maximum atomic E-state index is 12.9. The largest absolute Gasteiger partial charge is 0.444 e. The Balaban J connectivity index is 1.68. The van der Waals surface area contributed by atoms with Gasteiger partial charge in [-0.2, -0.15) is 0 Å². The van der Waals surface area contributed by atoms with E-state index in [4.69, 9.17) is 14.2 Å². The number of cyclic esters (lactones) is 1. The normalized spacial score (nSPS) is 27.9. The Bertz CT molecular complexity index is 972. The molecule has 5 atom stereocenters. The van der Waals surface area contributed by atoms with E-state index in [1.165, 1.54) is 0 Å². The number of carbonyl (C=O) groups is 3. The molecule has 9 nitrogen and oxygen atoms in total. The summed E-state index contributed by atoms with van der Waals surface area (Å²) in [5.74, 6) is -0.756. The Morgan fingerprint density at radius 1 is 1.21 bits per heavy atom. The summed E-state index contributed by atoms with van der Waals surface area (Å²) >= 11 is 0. The molecule has 2 fully saturated rings. The van der Waals surface area contributed by atoms with Crippen molar-refractivity contribution < 1.29 is 37.0 Å².